The van der Waals surface area contributed by atoms with Gasteiger partial charge in [0.2, 0.25) is 5.88 Å². The smallest absolute Gasteiger partial charge is 0.254 e. The van der Waals surface area contributed by atoms with Crippen LogP contribution in [0.2, 0.25) is 0 Å². The van der Waals surface area contributed by atoms with Gasteiger partial charge in [-0.2, -0.15) is 5.26 Å². The standard InChI is InChI=1S/C18H14N4O2/c19-9-12-3-5-21-17(7-12)24-15-10-22(11-15)18(23)14-1-2-16-13(8-14)4-6-20-16/h1-8,15,20H,10-11H2. The molecule has 1 N–H and O–H groups in total. The number of aromatic nitrogens is 2. The number of nitrogens with zero attached hydrogens (tertiary/aromatic N) is 3. The zero-order valence-corrected chi connectivity index (χ0v) is 12.8. The molecule has 3 aromatic rings. The van der Waals surface area contributed by atoms with E-state index >= 15 is 0 Å². The molecule has 1 aliphatic heterocycles. The largest absolute Gasteiger partial charge is 0.471 e. The second-order valence-electron chi connectivity index (χ2n) is 5.72. The van der Waals surface area contributed by atoms with Gasteiger partial charge < -0.3 is 14.6 Å². The van der Waals surface area contributed by atoms with Crippen molar-refractivity contribution in [3.8, 4) is 11.9 Å². The van der Waals surface area contributed by atoms with Crippen LogP contribution < -0.4 is 4.74 Å². The van der Waals surface area contributed by atoms with Gasteiger partial charge in [-0.25, -0.2) is 4.98 Å². The highest BCUT2D eigenvalue weighted by Gasteiger charge is 2.33. The van der Waals surface area contributed by atoms with Crippen LogP contribution in [0.3, 0.4) is 0 Å². The predicted octanol–water partition coefficient (Wildman–Crippen LogP) is 2.34. The highest BCUT2D eigenvalue weighted by atomic mass is 16.5. The fourth-order valence-electron chi connectivity index (χ4n) is 2.76. The van der Waals surface area contributed by atoms with Crippen molar-refractivity contribution in [3.05, 3.63) is 59.9 Å². The quantitative estimate of drug-likeness (QED) is 0.803. The molecule has 6 heteroatoms. The molecule has 2 aromatic heterocycles. The first-order chi connectivity index (χ1) is 11.7. The molecule has 0 bridgehead atoms. The van der Waals surface area contributed by atoms with Crippen LogP contribution in [0.5, 0.6) is 5.88 Å². The second kappa shape index (κ2) is 5.70. The van der Waals surface area contributed by atoms with Crippen LogP contribution in [0.15, 0.2) is 48.8 Å². The Bertz CT molecular complexity index is 951. The first kappa shape index (κ1) is 14.3. The van der Waals surface area contributed by atoms with Gasteiger partial charge in [0.1, 0.15) is 6.10 Å². The van der Waals surface area contributed by atoms with Gasteiger partial charge in [-0.1, -0.05) is 0 Å². The average molecular weight is 318 g/mol. The maximum Gasteiger partial charge on any atom is 0.254 e. The molecule has 118 valence electrons. The third-order valence-electron chi connectivity index (χ3n) is 4.09. The lowest BCUT2D eigenvalue weighted by Crippen LogP contribution is -2.56. The van der Waals surface area contributed by atoms with E-state index in [1.165, 1.54) is 0 Å². The number of nitriles is 1. The summed E-state index contributed by atoms with van der Waals surface area (Å²) in [5, 5.41) is 9.90. The van der Waals surface area contributed by atoms with Crippen molar-refractivity contribution in [3.63, 3.8) is 0 Å². The van der Waals surface area contributed by atoms with Gasteiger partial charge in [-0.15, -0.1) is 0 Å². The predicted molar refractivity (Wildman–Crippen MR) is 87.6 cm³/mol. The van der Waals surface area contributed by atoms with Crippen molar-refractivity contribution in [2.75, 3.05) is 13.1 Å². The van der Waals surface area contributed by atoms with E-state index in [1.807, 2.05) is 30.5 Å². The number of fused-ring (bicyclic) bond motifs is 1. The number of aromatic amines is 1. The molecule has 0 spiro atoms. The van der Waals surface area contributed by atoms with Crippen molar-refractivity contribution in [2.45, 2.75) is 6.10 Å². The summed E-state index contributed by atoms with van der Waals surface area (Å²) in [5.74, 6) is 0.413. The molecular weight excluding hydrogens is 304 g/mol. The molecule has 0 unspecified atom stereocenters. The van der Waals surface area contributed by atoms with Crippen LogP contribution in [0.25, 0.3) is 10.9 Å². The van der Waals surface area contributed by atoms with Gasteiger partial charge in [0, 0.05) is 34.9 Å². The molecule has 0 radical (unpaired) electrons. The fraction of sp³-hybridized carbons (Fsp3) is 0.167. The monoisotopic (exact) mass is 318 g/mol. The molecule has 0 aliphatic carbocycles. The van der Waals surface area contributed by atoms with E-state index in [4.69, 9.17) is 10.00 Å². The molecule has 1 aliphatic rings. The van der Waals surface area contributed by atoms with Crippen LogP contribution in [0.1, 0.15) is 15.9 Å². The Morgan fingerprint density at radius 2 is 2.17 bits per heavy atom. The highest BCUT2D eigenvalue weighted by Crippen LogP contribution is 2.21. The molecule has 1 amide bonds. The molecule has 1 saturated heterocycles. The summed E-state index contributed by atoms with van der Waals surface area (Å²) in [6.07, 6.45) is 3.31. The van der Waals surface area contributed by atoms with Crippen LogP contribution in [-0.2, 0) is 0 Å². The molecule has 1 aromatic carbocycles. The summed E-state index contributed by atoms with van der Waals surface area (Å²) in [5.41, 5.74) is 2.19. The zero-order valence-electron chi connectivity index (χ0n) is 12.8. The first-order valence-corrected chi connectivity index (χ1v) is 7.62. The average Bonchev–Trinajstić information content (AvgIpc) is 3.05. The number of nitrogens with one attached hydrogen (secondary N) is 1. The number of carbonyl (C=O) groups excluding carboxylic acids is 1. The summed E-state index contributed by atoms with van der Waals surface area (Å²) in [7, 11) is 0. The minimum atomic E-state index is -0.0913. The molecule has 4 rings (SSSR count). The van der Waals surface area contributed by atoms with Gasteiger partial charge in [-0.3, -0.25) is 4.79 Å². The topological polar surface area (TPSA) is 82.0 Å². The van der Waals surface area contributed by atoms with Crippen molar-refractivity contribution in [2.24, 2.45) is 0 Å². The zero-order chi connectivity index (χ0) is 16.5. The number of H-pyrrole nitrogens is 1. The highest BCUT2D eigenvalue weighted by molar-refractivity contribution is 5.98. The lowest BCUT2D eigenvalue weighted by atomic mass is 10.1. The molecule has 0 atom stereocenters. The summed E-state index contributed by atoms with van der Waals surface area (Å²) in [6.45, 7) is 1.03. The van der Waals surface area contributed by atoms with E-state index in [-0.39, 0.29) is 12.0 Å². The van der Waals surface area contributed by atoms with E-state index in [2.05, 4.69) is 16.0 Å². The van der Waals surface area contributed by atoms with Crippen molar-refractivity contribution in [1.82, 2.24) is 14.9 Å². The minimum Gasteiger partial charge on any atom is -0.471 e. The van der Waals surface area contributed by atoms with Gasteiger partial charge in [0.05, 0.1) is 24.7 Å². The molecule has 24 heavy (non-hydrogen) atoms. The third-order valence-corrected chi connectivity index (χ3v) is 4.09. The Kier molecular flexibility index (Phi) is 3.39. The number of likely N-dealkylation sites (tertiary alicyclic amines) is 1. The molecule has 3 heterocycles. The summed E-state index contributed by atoms with van der Waals surface area (Å²) in [6, 6.07) is 12.9. The Morgan fingerprint density at radius 3 is 3.00 bits per heavy atom. The number of carbonyl (C=O) groups is 1. The number of ether oxygens (including phenoxy) is 1. The van der Waals surface area contributed by atoms with E-state index in [0.717, 1.165) is 10.9 Å². The van der Waals surface area contributed by atoms with Crippen LogP contribution in [0.4, 0.5) is 0 Å². The summed E-state index contributed by atoms with van der Waals surface area (Å²) >= 11 is 0. The van der Waals surface area contributed by atoms with Crippen molar-refractivity contribution >= 4 is 16.8 Å². The number of hydrogen-bond donors (Lipinski definition) is 1. The van der Waals surface area contributed by atoms with Crippen LogP contribution in [0, 0.1) is 11.3 Å². The van der Waals surface area contributed by atoms with Gasteiger partial charge in [-0.05, 0) is 30.3 Å². The number of rotatable bonds is 3. The van der Waals surface area contributed by atoms with E-state index < -0.39 is 0 Å². The summed E-state index contributed by atoms with van der Waals surface area (Å²) < 4.78 is 5.71. The molecule has 6 nitrogen and oxygen atoms in total. The van der Waals surface area contributed by atoms with Crippen molar-refractivity contribution < 1.29 is 9.53 Å². The van der Waals surface area contributed by atoms with E-state index in [9.17, 15) is 4.79 Å². The lowest BCUT2D eigenvalue weighted by molar-refractivity contribution is 0.0160. The summed E-state index contributed by atoms with van der Waals surface area (Å²) in [4.78, 5) is 21.4. The van der Waals surface area contributed by atoms with Crippen LogP contribution >= 0.6 is 0 Å². The third kappa shape index (κ3) is 2.57. The van der Waals surface area contributed by atoms with E-state index in [0.29, 0.717) is 30.1 Å². The normalized spacial score (nSPS) is 14.2. The SMILES string of the molecule is N#Cc1ccnc(OC2CN(C(=O)c3ccc4[nH]ccc4c3)C2)c1. The Labute approximate surface area is 138 Å². The Morgan fingerprint density at radius 1 is 1.29 bits per heavy atom. The number of benzene rings is 1. The Hall–Kier alpha value is -3.33. The number of amides is 1. The number of hydrogen-bond acceptors (Lipinski definition) is 4. The second-order valence-corrected chi connectivity index (χ2v) is 5.72. The molecular formula is C18H14N4O2. The maximum absolute atomic E-state index is 12.5. The van der Waals surface area contributed by atoms with Crippen LogP contribution in [-0.4, -0.2) is 40.0 Å². The Balaban J connectivity index is 1.39. The lowest BCUT2D eigenvalue weighted by Gasteiger charge is -2.38. The molecule has 1 fully saturated rings. The molecule has 0 saturated carbocycles. The maximum atomic E-state index is 12.5. The van der Waals surface area contributed by atoms with Gasteiger partial charge in [0.15, 0.2) is 0 Å². The van der Waals surface area contributed by atoms with Gasteiger partial charge >= 0.3 is 0 Å². The first-order valence-electron chi connectivity index (χ1n) is 7.62. The fourth-order valence-corrected chi connectivity index (χ4v) is 2.76. The van der Waals surface area contributed by atoms with E-state index in [1.54, 1.807) is 23.2 Å². The minimum absolute atomic E-state index is 0.00307. The van der Waals surface area contributed by atoms with Gasteiger partial charge in [0.25, 0.3) is 5.91 Å². The number of pyridine rings is 1. The van der Waals surface area contributed by atoms with Crippen molar-refractivity contribution in [1.29, 1.82) is 5.26 Å².